The van der Waals surface area contributed by atoms with E-state index in [4.69, 9.17) is 9.47 Å². The van der Waals surface area contributed by atoms with Crippen molar-refractivity contribution in [3.05, 3.63) is 29.8 Å². The van der Waals surface area contributed by atoms with Crippen molar-refractivity contribution in [3.63, 3.8) is 0 Å². The van der Waals surface area contributed by atoms with Gasteiger partial charge in [-0.3, -0.25) is 0 Å². The van der Waals surface area contributed by atoms with Gasteiger partial charge in [0.05, 0.1) is 0 Å². The van der Waals surface area contributed by atoms with Crippen molar-refractivity contribution in [3.8, 4) is 5.75 Å². The van der Waals surface area contributed by atoms with E-state index in [0.717, 1.165) is 11.7 Å². The van der Waals surface area contributed by atoms with Gasteiger partial charge >= 0.3 is 0 Å². The van der Waals surface area contributed by atoms with Crippen molar-refractivity contribution in [2.45, 2.75) is 52.4 Å². The highest BCUT2D eigenvalue weighted by atomic mass is 16.7. The van der Waals surface area contributed by atoms with Crippen LogP contribution in [0.3, 0.4) is 0 Å². The molecule has 19 heavy (non-hydrogen) atoms. The van der Waals surface area contributed by atoms with E-state index in [2.05, 4.69) is 38.1 Å². The van der Waals surface area contributed by atoms with Crippen LogP contribution in [-0.2, 0) is 4.74 Å². The Bertz CT molecular complexity index is 371. The predicted octanol–water partition coefficient (Wildman–Crippen LogP) is 4.74. The Labute approximate surface area is 117 Å². The van der Waals surface area contributed by atoms with E-state index in [1.165, 1.54) is 31.2 Å². The molecule has 0 aliphatic heterocycles. The van der Waals surface area contributed by atoms with Crippen molar-refractivity contribution in [2.24, 2.45) is 5.41 Å². The minimum Gasteiger partial charge on any atom is -0.468 e. The number of rotatable bonds is 5. The normalized spacial score (nSPS) is 19.3. The molecular formula is C17H26O2. The lowest BCUT2D eigenvalue weighted by Gasteiger charge is -2.34. The van der Waals surface area contributed by atoms with Gasteiger partial charge in [-0.25, -0.2) is 0 Å². The maximum absolute atomic E-state index is 5.50. The molecular weight excluding hydrogens is 236 g/mol. The highest BCUT2D eigenvalue weighted by Crippen LogP contribution is 2.42. The van der Waals surface area contributed by atoms with E-state index in [0.29, 0.717) is 18.8 Å². The van der Waals surface area contributed by atoms with Gasteiger partial charge in [0.2, 0.25) is 0 Å². The van der Waals surface area contributed by atoms with Crippen LogP contribution in [0.1, 0.15) is 57.9 Å². The highest BCUT2D eigenvalue weighted by molar-refractivity contribution is 5.29. The third-order valence-electron chi connectivity index (χ3n) is 4.20. The molecule has 0 bridgehead atoms. The molecule has 1 aliphatic rings. The first kappa shape index (κ1) is 14.4. The van der Waals surface area contributed by atoms with Crippen molar-refractivity contribution in [1.82, 2.24) is 0 Å². The Morgan fingerprint density at radius 1 is 1.11 bits per heavy atom. The summed E-state index contributed by atoms with van der Waals surface area (Å²) in [6.45, 7) is 7.77. The van der Waals surface area contributed by atoms with E-state index in [1.807, 2.05) is 6.92 Å². The molecule has 1 aliphatic carbocycles. The molecule has 0 heterocycles. The second-order valence-electron chi connectivity index (χ2n) is 6.26. The third-order valence-corrected chi connectivity index (χ3v) is 4.20. The van der Waals surface area contributed by atoms with Crippen LogP contribution in [0.25, 0.3) is 0 Å². The average Bonchev–Trinajstić information content (AvgIpc) is 2.40. The maximum atomic E-state index is 5.50. The number of hydrogen-bond acceptors (Lipinski definition) is 2. The molecule has 1 fully saturated rings. The summed E-state index contributed by atoms with van der Waals surface area (Å²) in [6.07, 6.45) is 5.29. The van der Waals surface area contributed by atoms with Crippen molar-refractivity contribution >= 4 is 0 Å². The summed E-state index contributed by atoms with van der Waals surface area (Å²) >= 11 is 0. The fourth-order valence-corrected chi connectivity index (χ4v) is 2.76. The molecule has 0 aromatic heterocycles. The fraction of sp³-hybridized carbons (Fsp3) is 0.647. The maximum Gasteiger partial charge on any atom is 0.189 e. The third kappa shape index (κ3) is 4.24. The second kappa shape index (κ2) is 6.42. The molecule has 1 saturated carbocycles. The van der Waals surface area contributed by atoms with E-state index in [-0.39, 0.29) is 0 Å². The van der Waals surface area contributed by atoms with Crippen molar-refractivity contribution < 1.29 is 9.47 Å². The van der Waals surface area contributed by atoms with Gasteiger partial charge in [0.15, 0.2) is 6.79 Å². The second-order valence-corrected chi connectivity index (χ2v) is 6.26. The molecule has 0 atom stereocenters. The summed E-state index contributed by atoms with van der Waals surface area (Å²) in [5.74, 6) is 1.63. The monoisotopic (exact) mass is 262 g/mol. The average molecular weight is 262 g/mol. The van der Waals surface area contributed by atoms with Gasteiger partial charge in [-0.15, -0.1) is 0 Å². The van der Waals surface area contributed by atoms with Gasteiger partial charge in [0, 0.05) is 6.61 Å². The molecule has 0 N–H and O–H groups in total. The van der Waals surface area contributed by atoms with Crippen LogP contribution < -0.4 is 4.74 Å². The lowest BCUT2D eigenvalue weighted by Crippen LogP contribution is -2.20. The molecule has 0 saturated heterocycles. The molecule has 106 valence electrons. The molecule has 1 aromatic carbocycles. The zero-order valence-electron chi connectivity index (χ0n) is 12.4. The SMILES string of the molecule is CCOCOc1ccc(C2CCC(C)(C)CC2)cc1. The number of benzene rings is 1. The Hall–Kier alpha value is -1.02. The zero-order chi connectivity index (χ0) is 13.7. The smallest absolute Gasteiger partial charge is 0.189 e. The molecule has 0 spiro atoms. The van der Waals surface area contributed by atoms with Crippen LogP contribution in [0.4, 0.5) is 0 Å². The van der Waals surface area contributed by atoms with Crippen LogP contribution in [0.15, 0.2) is 24.3 Å². The quantitative estimate of drug-likeness (QED) is 0.563. The number of hydrogen-bond donors (Lipinski definition) is 0. The first-order chi connectivity index (χ1) is 9.11. The summed E-state index contributed by atoms with van der Waals surface area (Å²) in [5, 5.41) is 0. The van der Waals surface area contributed by atoms with Crippen LogP contribution in [0, 0.1) is 5.41 Å². The summed E-state index contributed by atoms with van der Waals surface area (Å²) < 4.78 is 10.7. The van der Waals surface area contributed by atoms with E-state index in [9.17, 15) is 0 Å². The van der Waals surface area contributed by atoms with Crippen LogP contribution in [-0.4, -0.2) is 13.4 Å². The van der Waals surface area contributed by atoms with E-state index >= 15 is 0 Å². The molecule has 0 amide bonds. The standard InChI is InChI=1S/C17H26O2/c1-4-18-13-19-16-7-5-14(6-8-16)15-9-11-17(2,3)12-10-15/h5-8,15H,4,9-13H2,1-3H3. The summed E-state index contributed by atoms with van der Waals surface area (Å²) in [7, 11) is 0. The van der Waals surface area contributed by atoms with Gasteiger partial charge < -0.3 is 9.47 Å². The van der Waals surface area contributed by atoms with Gasteiger partial charge in [0.25, 0.3) is 0 Å². The van der Waals surface area contributed by atoms with Gasteiger partial charge in [-0.2, -0.15) is 0 Å². The zero-order valence-corrected chi connectivity index (χ0v) is 12.4. The molecule has 0 unspecified atom stereocenters. The topological polar surface area (TPSA) is 18.5 Å². The largest absolute Gasteiger partial charge is 0.468 e. The number of ether oxygens (including phenoxy) is 2. The highest BCUT2D eigenvalue weighted by Gasteiger charge is 2.27. The molecule has 2 rings (SSSR count). The Kier molecular flexibility index (Phi) is 4.87. The van der Waals surface area contributed by atoms with Crippen molar-refractivity contribution in [1.29, 1.82) is 0 Å². The van der Waals surface area contributed by atoms with E-state index < -0.39 is 0 Å². The van der Waals surface area contributed by atoms with E-state index in [1.54, 1.807) is 0 Å². The van der Waals surface area contributed by atoms with Crippen LogP contribution >= 0.6 is 0 Å². The molecule has 1 aromatic rings. The summed E-state index contributed by atoms with van der Waals surface area (Å²) in [5.41, 5.74) is 2.00. The predicted molar refractivity (Wildman–Crippen MR) is 78.6 cm³/mol. The van der Waals surface area contributed by atoms with Gasteiger partial charge in [0.1, 0.15) is 5.75 Å². The lowest BCUT2D eigenvalue weighted by molar-refractivity contribution is 0.0224. The van der Waals surface area contributed by atoms with Crippen LogP contribution in [0.2, 0.25) is 0 Å². The minimum atomic E-state index is 0.341. The Morgan fingerprint density at radius 3 is 2.32 bits per heavy atom. The fourth-order valence-electron chi connectivity index (χ4n) is 2.76. The minimum absolute atomic E-state index is 0.341. The van der Waals surface area contributed by atoms with Gasteiger partial charge in [-0.1, -0.05) is 26.0 Å². The van der Waals surface area contributed by atoms with Crippen LogP contribution in [0.5, 0.6) is 5.75 Å². The van der Waals surface area contributed by atoms with Gasteiger partial charge in [-0.05, 0) is 61.6 Å². The molecule has 2 nitrogen and oxygen atoms in total. The summed E-state index contributed by atoms with van der Waals surface area (Å²) in [6, 6.07) is 8.55. The Morgan fingerprint density at radius 2 is 1.74 bits per heavy atom. The lowest BCUT2D eigenvalue weighted by atomic mass is 9.71. The van der Waals surface area contributed by atoms with Crippen molar-refractivity contribution in [2.75, 3.05) is 13.4 Å². The molecule has 0 radical (unpaired) electrons. The first-order valence-electron chi connectivity index (χ1n) is 7.41. The Balaban J connectivity index is 1.88. The first-order valence-corrected chi connectivity index (χ1v) is 7.41. The summed E-state index contributed by atoms with van der Waals surface area (Å²) in [4.78, 5) is 0. The molecule has 2 heteroatoms.